The van der Waals surface area contributed by atoms with Gasteiger partial charge in [-0.1, -0.05) is 0 Å². The van der Waals surface area contributed by atoms with Gasteiger partial charge < -0.3 is 5.11 Å². The zero-order valence-electron chi connectivity index (χ0n) is 5.54. The van der Waals surface area contributed by atoms with Gasteiger partial charge in [-0.3, -0.25) is 0 Å². The van der Waals surface area contributed by atoms with Crippen molar-refractivity contribution in [3.8, 4) is 0 Å². The third kappa shape index (κ3) is 2.39. The van der Waals surface area contributed by atoms with Crippen molar-refractivity contribution in [2.24, 2.45) is 0 Å². The van der Waals surface area contributed by atoms with Gasteiger partial charge in [0.1, 0.15) is 6.10 Å². The highest BCUT2D eigenvalue weighted by atomic mass is 79.9. The molecule has 1 N–H and O–H groups in total. The summed E-state index contributed by atoms with van der Waals surface area (Å²) in [5.41, 5.74) is 0. The molecule has 0 saturated heterocycles. The molecule has 1 unspecified atom stereocenters. The lowest BCUT2D eigenvalue weighted by Crippen LogP contribution is -2.03. The summed E-state index contributed by atoms with van der Waals surface area (Å²) < 4.78 is 0.781. The molecule has 1 aromatic heterocycles. The first kappa shape index (κ1) is 8.90. The number of aliphatic hydroxyl groups excluding tert-OH is 1. The number of nitrogens with zero attached hydrogens (tertiary/aromatic N) is 2. The average Bonchev–Trinajstić information content (AvgIpc) is 2.05. The van der Waals surface area contributed by atoms with Gasteiger partial charge in [0.2, 0.25) is 0 Å². The molecular weight excluding hydrogens is 231 g/mol. The van der Waals surface area contributed by atoms with Crippen molar-refractivity contribution in [1.29, 1.82) is 0 Å². The van der Waals surface area contributed by atoms with Gasteiger partial charge in [0.25, 0.3) is 0 Å². The van der Waals surface area contributed by atoms with Gasteiger partial charge in [-0.25, -0.2) is 9.97 Å². The summed E-state index contributed by atoms with van der Waals surface area (Å²) in [6.45, 7) is 0. The first-order valence-electron chi connectivity index (χ1n) is 2.95. The zero-order valence-corrected chi connectivity index (χ0v) is 7.88. The Balaban J connectivity index is 2.81. The van der Waals surface area contributed by atoms with Gasteiger partial charge in [0.15, 0.2) is 5.82 Å². The Bertz CT molecular complexity index is 229. The largest absolute Gasteiger partial charge is 0.384 e. The lowest BCUT2D eigenvalue weighted by Gasteiger charge is -2.02. The molecule has 0 radical (unpaired) electrons. The second-order valence-corrected chi connectivity index (χ2v) is 3.15. The van der Waals surface area contributed by atoms with Crippen LogP contribution in [0.2, 0.25) is 0 Å². The van der Waals surface area contributed by atoms with E-state index in [2.05, 4.69) is 25.9 Å². The van der Waals surface area contributed by atoms with Crippen LogP contribution in [0.15, 0.2) is 16.9 Å². The fraction of sp³-hybridized carbons (Fsp3) is 0.333. The Labute approximate surface area is 77.6 Å². The van der Waals surface area contributed by atoms with Gasteiger partial charge in [-0.2, -0.15) is 0 Å². The molecule has 0 aliphatic heterocycles. The summed E-state index contributed by atoms with van der Waals surface area (Å²) in [5.74, 6) is 0.463. The highest BCUT2D eigenvalue weighted by Gasteiger charge is 2.07. The third-order valence-corrected chi connectivity index (χ3v) is 1.79. The molecule has 0 bridgehead atoms. The highest BCUT2D eigenvalue weighted by molar-refractivity contribution is 9.10. The molecule has 3 nitrogen and oxygen atoms in total. The summed E-state index contributed by atoms with van der Waals surface area (Å²) in [4.78, 5) is 7.71. The van der Waals surface area contributed by atoms with Crippen molar-refractivity contribution < 1.29 is 5.11 Å². The Kier molecular flexibility index (Phi) is 3.23. The number of aliphatic hydroxyl groups is 1. The molecule has 1 rings (SSSR count). The molecule has 0 aliphatic carbocycles. The van der Waals surface area contributed by atoms with Crippen LogP contribution in [0.4, 0.5) is 0 Å². The van der Waals surface area contributed by atoms with E-state index in [1.807, 2.05) is 0 Å². The van der Waals surface area contributed by atoms with E-state index in [4.69, 9.17) is 16.7 Å². The summed E-state index contributed by atoms with van der Waals surface area (Å²) in [6.07, 6.45) is 2.36. The highest BCUT2D eigenvalue weighted by Crippen LogP contribution is 2.10. The molecule has 0 amide bonds. The topological polar surface area (TPSA) is 46.0 Å². The summed E-state index contributed by atoms with van der Waals surface area (Å²) in [7, 11) is 0. The summed E-state index contributed by atoms with van der Waals surface area (Å²) >= 11 is 8.56. The quantitative estimate of drug-likeness (QED) is 0.793. The maximum atomic E-state index is 9.15. The molecule has 0 fully saturated rings. The smallest absolute Gasteiger partial charge is 0.158 e. The predicted octanol–water partition coefficient (Wildman–Crippen LogP) is 1.51. The van der Waals surface area contributed by atoms with E-state index < -0.39 is 6.10 Å². The minimum absolute atomic E-state index is 0.113. The SMILES string of the molecule is OC(CCl)c1ncc(Br)cn1. The number of hydrogen-bond donors (Lipinski definition) is 1. The Morgan fingerprint density at radius 3 is 2.55 bits per heavy atom. The van der Waals surface area contributed by atoms with E-state index in [-0.39, 0.29) is 5.88 Å². The molecular formula is C6H6BrClN2O. The zero-order chi connectivity index (χ0) is 8.27. The molecule has 1 atom stereocenters. The normalized spacial score (nSPS) is 13.0. The minimum Gasteiger partial charge on any atom is -0.384 e. The van der Waals surface area contributed by atoms with Gasteiger partial charge >= 0.3 is 0 Å². The van der Waals surface area contributed by atoms with Crippen LogP contribution in [-0.2, 0) is 0 Å². The van der Waals surface area contributed by atoms with E-state index in [1.54, 1.807) is 12.4 Å². The summed E-state index contributed by atoms with van der Waals surface area (Å²) in [5, 5.41) is 9.15. The first-order chi connectivity index (χ1) is 5.24. The molecule has 11 heavy (non-hydrogen) atoms. The Morgan fingerprint density at radius 2 is 2.09 bits per heavy atom. The van der Waals surface area contributed by atoms with Crippen LogP contribution in [0.1, 0.15) is 11.9 Å². The van der Waals surface area contributed by atoms with Crippen LogP contribution >= 0.6 is 27.5 Å². The fourth-order valence-corrected chi connectivity index (χ4v) is 0.906. The van der Waals surface area contributed by atoms with Crippen molar-refractivity contribution in [2.45, 2.75) is 6.10 Å². The molecule has 0 aromatic carbocycles. The summed E-state index contributed by atoms with van der Waals surface area (Å²) in [6, 6.07) is 0. The molecule has 60 valence electrons. The molecule has 0 spiro atoms. The lowest BCUT2D eigenvalue weighted by atomic mass is 10.4. The van der Waals surface area contributed by atoms with E-state index >= 15 is 0 Å². The predicted molar refractivity (Wildman–Crippen MR) is 45.4 cm³/mol. The van der Waals surface area contributed by atoms with Crippen molar-refractivity contribution in [3.05, 3.63) is 22.7 Å². The molecule has 1 heterocycles. The minimum atomic E-state index is -0.773. The van der Waals surface area contributed by atoms with Crippen molar-refractivity contribution >= 4 is 27.5 Å². The molecule has 0 saturated carbocycles. The van der Waals surface area contributed by atoms with E-state index in [0.29, 0.717) is 5.82 Å². The standard InChI is InChI=1S/C6H6BrClN2O/c7-4-2-9-6(10-3-4)5(11)1-8/h2-3,5,11H,1H2. The van der Waals surface area contributed by atoms with Gasteiger partial charge in [0, 0.05) is 12.4 Å². The van der Waals surface area contributed by atoms with Crippen LogP contribution in [0.25, 0.3) is 0 Å². The van der Waals surface area contributed by atoms with Gasteiger partial charge in [-0.15, -0.1) is 11.6 Å². The number of alkyl halides is 1. The fourth-order valence-electron chi connectivity index (χ4n) is 0.563. The second-order valence-electron chi connectivity index (χ2n) is 1.93. The molecule has 1 aromatic rings. The monoisotopic (exact) mass is 236 g/mol. The molecule has 5 heteroatoms. The number of rotatable bonds is 2. The Morgan fingerprint density at radius 1 is 1.55 bits per heavy atom. The van der Waals surface area contributed by atoms with Crippen molar-refractivity contribution in [3.63, 3.8) is 0 Å². The van der Waals surface area contributed by atoms with E-state index in [1.165, 1.54) is 0 Å². The molecule has 0 aliphatic rings. The van der Waals surface area contributed by atoms with Crippen LogP contribution in [0.3, 0.4) is 0 Å². The van der Waals surface area contributed by atoms with Crippen LogP contribution in [-0.4, -0.2) is 21.0 Å². The number of halogens is 2. The number of aromatic nitrogens is 2. The van der Waals surface area contributed by atoms with E-state index in [0.717, 1.165) is 4.47 Å². The maximum absolute atomic E-state index is 9.15. The van der Waals surface area contributed by atoms with Gasteiger partial charge in [0.05, 0.1) is 10.4 Å². The third-order valence-electron chi connectivity index (χ3n) is 1.08. The van der Waals surface area contributed by atoms with Crippen molar-refractivity contribution in [1.82, 2.24) is 9.97 Å². The van der Waals surface area contributed by atoms with Crippen LogP contribution in [0.5, 0.6) is 0 Å². The first-order valence-corrected chi connectivity index (χ1v) is 4.28. The second kappa shape index (κ2) is 3.99. The van der Waals surface area contributed by atoms with Crippen LogP contribution < -0.4 is 0 Å². The number of hydrogen-bond acceptors (Lipinski definition) is 3. The van der Waals surface area contributed by atoms with Gasteiger partial charge in [-0.05, 0) is 15.9 Å². The lowest BCUT2D eigenvalue weighted by molar-refractivity contribution is 0.192. The average molecular weight is 237 g/mol. The van der Waals surface area contributed by atoms with Crippen molar-refractivity contribution in [2.75, 3.05) is 5.88 Å². The Hall–Kier alpha value is -0.190. The maximum Gasteiger partial charge on any atom is 0.158 e. The van der Waals surface area contributed by atoms with E-state index in [9.17, 15) is 0 Å². The van der Waals surface area contributed by atoms with Crippen LogP contribution in [0, 0.1) is 0 Å².